The summed E-state index contributed by atoms with van der Waals surface area (Å²) in [5, 5.41) is 7.03. The lowest BCUT2D eigenvalue weighted by Gasteiger charge is -2.11. The van der Waals surface area contributed by atoms with Crippen molar-refractivity contribution >= 4 is 11.7 Å². The van der Waals surface area contributed by atoms with Crippen LogP contribution >= 0.6 is 0 Å². The summed E-state index contributed by atoms with van der Waals surface area (Å²) < 4.78 is 1.74. The number of aryl methyl sites for hydroxylation is 2. The van der Waals surface area contributed by atoms with Crippen molar-refractivity contribution in [3.05, 3.63) is 82.9 Å². The van der Waals surface area contributed by atoms with Crippen molar-refractivity contribution in [2.24, 2.45) is 0 Å². The summed E-state index contributed by atoms with van der Waals surface area (Å²) in [4.78, 5) is 28.5. The minimum atomic E-state index is -0.132. The number of carbonyl (C=O) groups is 2. The van der Waals surface area contributed by atoms with Crippen LogP contribution in [0.3, 0.4) is 0 Å². The number of benzene rings is 2. The Bertz CT molecular complexity index is 964. The molecule has 1 heterocycles. The number of hydrogen-bond acceptors (Lipinski definition) is 4. The van der Waals surface area contributed by atoms with Crippen LogP contribution in [0.4, 0.5) is 0 Å². The zero-order chi connectivity index (χ0) is 19.9. The smallest absolute Gasteiger partial charge is 0.220 e. The first-order chi connectivity index (χ1) is 13.5. The standard InChI is InChI=1S/C22H24N4O2/c1-16-7-8-18(11-17(16)2)21(27)9-10-22(28)24-12-19-5-3-4-6-20(19)13-26-15-23-14-25-26/h3-8,11,14-15H,9-10,12-13H2,1-2H3,(H,24,28). The summed E-state index contributed by atoms with van der Waals surface area (Å²) in [6.45, 7) is 5.01. The summed E-state index contributed by atoms with van der Waals surface area (Å²) >= 11 is 0. The van der Waals surface area contributed by atoms with Crippen LogP contribution in [0.25, 0.3) is 0 Å². The molecule has 1 aromatic heterocycles. The average molecular weight is 376 g/mol. The fraction of sp³-hybridized carbons (Fsp3) is 0.273. The van der Waals surface area contributed by atoms with E-state index in [1.807, 2.05) is 56.3 Å². The Labute approximate surface area is 164 Å². The van der Waals surface area contributed by atoms with Crippen LogP contribution in [0.2, 0.25) is 0 Å². The molecular weight excluding hydrogens is 352 g/mol. The number of ketones is 1. The van der Waals surface area contributed by atoms with Gasteiger partial charge in [0.25, 0.3) is 0 Å². The Morgan fingerprint density at radius 2 is 1.79 bits per heavy atom. The number of amides is 1. The SMILES string of the molecule is Cc1ccc(C(=O)CCC(=O)NCc2ccccc2Cn2cncn2)cc1C. The molecule has 0 aliphatic rings. The van der Waals surface area contributed by atoms with Crippen molar-refractivity contribution in [2.75, 3.05) is 0 Å². The third-order valence-corrected chi connectivity index (χ3v) is 4.80. The molecule has 0 spiro atoms. The van der Waals surface area contributed by atoms with Crippen molar-refractivity contribution in [1.82, 2.24) is 20.1 Å². The second-order valence-electron chi connectivity index (χ2n) is 6.86. The number of rotatable bonds is 8. The van der Waals surface area contributed by atoms with Crippen LogP contribution in [0.5, 0.6) is 0 Å². The summed E-state index contributed by atoms with van der Waals surface area (Å²) in [7, 11) is 0. The first-order valence-corrected chi connectivity index (χ1v) is 9.29. The first kappa shape index (κ1) is 19.5. The predicted octanol–water partition coefficient (Wildman–Crippen LogP) is 3.22. The first-order valence-electron chi connectivity index (χ1n) is 9.29. The van der Waals surface area contributed by atoms with E-state index in [-0.39, 0.29) is 24.5 Å². The van der Waals surface area contributed by atoms with Gasteiger partial charge in [0.1, 0.15) is 12.7 Å². The Balaban J connectivity index is 1.52. The molecule has 3 aromatic rings. The Morgan fingerprint density at radius 1 is 1.00 bits per heavy atom. The third-order valence-electron chi connectivity index (χ3n) is 4.80. The topological polar surface area (TPSA) is 76.9 Å². The molecule has 0 aliphatic heterocycles. The van der Waals surface area contributed by atoms with E-state index in [1.165, 1.54) is 6.33 Å². The highest BCUT2D eigenvalue weighted by Gasteiger charge is 2.11. The van der Waals surface area contributed by atoms with Crippen LogP contribution < -0.4 is 5.32 Å². The summed E-state index contributed by atoms with van der Waals surface area (Å²) in [6, 6.07) is 13.5. The number of Topliss-reactive ketones (excluding diaryl/α,β-unsaturated/α-hetero) is 1. The average Bonchev–Trinajstić information content (AvgIpc) is 3.20. The van der Waals surface area contributed by atoms with Crippen LogP contribution in [-0.4, -0.2) is 26.5 Å². The van der Waals surface area contributed by atoms with Crippen LogP contribution in [0, 0.1) is 13.8 Å². The molecule has 2 aromatic carbocycles. The lowest BCUT2D eigenvalue weighted by atomic mass is 10.0. The van der Waals surface area contributed by atoms with Crippen LogP contribution in [0.1, 0.15) is 45.5 Å². The number of carbonyl (C=O) groups excluding carboxylic acids is 2. The zero-order valence-electron chi connectivity index (χ0n) is 16.2. The summed E-state index contributed by atoms with van der Waals surface area (Å²) in [5.74, 6) is -0.141. The highest BCUT2D eigenvalue weighted by molar-refractivity contribution is 5.98. The number of nitrogens with one attached hydrogen (secondary N) is 1. The summed E-state index contributed by atoms with van der Waals surface area (Å²) in [5.41, 5.74) is 4.98. The van der Waals surface area contributed by atoms with Crippen molar-refractivity contribution in [3.8, 4) is 0 Å². The molecule has 0 radical (unpaired) electrons. The third kappa shape index (κ3) is 5.13. The van der Waals surface area contributed by atoms with Gasteiger partial charge in [0.2, 0.25) is 5.91 Å². The van der Waals surface area contributed by atoms with E-state index < -0.39 is 0 Å². The maximum Gasteiger partial charge on any atom is 0.220 e. The Kier molecular flexibility index (Phi) is 6.32. The molecule has 3 rings (SSSR count). The van der Waals surface area contributed by atoms with Crippen molar-refractivity contribution in [1.29, 1.82) is 0 Å². The number of aromatic nitrogens is 3. The molecule has 0 saturated carbocycles. The van der Waals surface area contributed by atoms with Gasteiger partial charge in [-0.15, -0.1) is 0 Å². The van der Waals surface area contributed by atoms with Crippen LogP contribution in [0.15, 0.2) is 55.1 Å². The Hall–Kier alpha value is -3.28. The van der Waals surface area contributed by atoms with E-state index in [2.05, 4.69) is 15.4 Å². The molecule has 0 bridgehead atoms. The van der Waals surface area contributed by atoms with Gasteiger partial charge in [-0.1, -0.05) is 36.4 Å². The highest BCUT2D eigenvalue weighted by Crippen LogP contribution is 2.13. The fourth-order valence-electron chi connectivity index (χ4n) is 2.94. The van der Waals surface area contributed by atoms with Gasteiger partial charge < -0.3 is 5.32 Å². The molecule has 1 amide bonds. The van der Waals surface area contributed by atoms with E-state index in [1.54, 1.807) is 11.0 Å². The lowest BCUT2D eigenvalue weighted by Crippen LogP contribution is -2.24. The zero-order valence-corrected chi connectivity index (χ0v) is 16.2. The van der Waals surface area contributed by atoms with Gasteiger partial charge >= 0.3 is 0 Å². The van der Waals surface area contributed by atoms with Gasteiger partial charge in [-0.05, 0) is 42.2 Å². The largest absolute Gasteiger partial charge is 0.352 e. The quantitative estimate of drug-likeness (QED) is 0.613. The molecular formula is C22H24N4O2. The Morgan fingerprint density at radius 3 is 2.50 bits per heavy atom. The monoisotopic (exact) mass is 376 g/mol. The van der Waals surface area contributed by atoms with E-state index in [0.717, 1.165) is 22.3 Å². The van der Waals surface area contributed by atoms with Crippen molar-refractivity contribution in [3.63, 3.8) is 0 Å². The molecule has 0 saturated heterocycles. The molecule has 1 N–H and O–H groups in total. The van der Waals surface area contributed by atoms with Crippen LogP contribution in [-0.2, 0) is 17.9 Å². The van der Waals surface area contributed by atoms with Crippen molar-refractivity contribution in [2.45, 2.75) is 39.8 Å². The second-order valence-corrected chi connectivity index (χ2v) is 6.86. The molecule has 0 fully saturated rings. The lowest BCUT2D eigenvalue weighted by molar-refractivity contribution is -0.121. The minimum absolute atomic E-state index is 0.00941. The van der Waals surface area contributed by atoms with E-state index >= 15 is 0 Å². The van der Waals surface area contributed by atoms with Gasteiger partial charge in [-0.3, -0.25) is 9.59 Å². The van der Waals surface area contributed by atoms with E-state index in [0.29, 0.717) is 18.7 Å². The van der Waals surface area contributed by atoms with Gasteiger partial charge in [0.15, 0.2) is 5.78 Å². The second kappa shape index (κ2) is 9.08. The number of nitrogens with zero attached hydrogens (tertiary/aromatic N) is 3. The van der Waals surface area contributed by atoms with Gasteiger partial charge in [-0.2, -0.15) is 5.10 Å². The molecule has 144 valence electrons. The molecule has 0 atom stereocenters. The highest BCUT2D eigenvalue weighted by atomic mass is 16.2. The maximum absolute atomic E-state index is 12.3. The van der Waals surface area contributed by atoms with Gasteiger partial charge in [-0.25, -0.2) is 9.67 Å². The summed E-state index contributed by atoms with van der Waals surface area (Å²) in [6.07, 6.45) is 3.54. The van der Waals surface area contributed by atoms with E-state index in [9.17, 15) is 9.59 Å². The fourth-order valence-corrected chi connectivity index (χ4v) is 2.94. The molecule has 0 unspecified atom stereocenters. The van der Waals surface area contributed by atoms with Gasteiger partial charge in [0.05, 0.1) is 6.54 Å². The van der Waals surface area contributed by atoms with E-state index in [4.69, 9.17) is 0 Å². The molecule has 0 aliphatic carbocycles. The molecule has 6 nitrogen and oxygen atoms in total. The normalized spacial score (nSPS) is 10.6. The minimum Gasteiger partial charge on any atom is -0.352 e. The molecule has 28 heavy (non-hydrogen) atoms. The van der Waals surface area contributed by atoms with Crippen molar-refractivity contribution < 1.29 is 9.59 Å². The van der Waals surface area contributed by atoms with Gasteiger partial charge in [0, 0.05) is 24.9 Å². The maximum atomic E-state index is 12.3. The molecule has 6 heteroatoms. The predicted molar refractivity (Wildman–Crippen MR) is 107 cm³/mol. The number of hydrogen-bond donors (Lipinski definition) is 1.